The van der Waals surface area contributed by atoms with Gasteiger partial charge in [0.25, 0.3) is 5.91 Å². The van der Waals surface area contributed by atoms with Gasteiger partial charge in [0.1, 0.15) is 5.82 Å². The van der Waals surface area contributed by atoms with Crippen molar-refractivity contribution in [2.24, 2.45) is 0 Å². The molecule has 1 amide bonds. The molecule has 0 aliphatic heterocycles. The molecule has 5 nitrogen and oxygen atoms in total. The van der Waals surface area contributed by atoms with E-state index in [1.807, 2.05) is 48.5 Å². The Bertz CT molecular complexity index is 1270. The number of pyridine rings is 1. The summed E-state index contributed by atoms with van der Waals surface area (Å²) >= 11 is 1.66. The summed E-state index contributed by atoms with van der Waals surface area (Å²) in [5.74, 6) is 0.711. The van der Waals surface area contributed by atoms with Gasteiger partial charge >= 0.3 is 0 Å². The summed E-state index contributed by atoms with van der Waals surface area (Å²) in [7, 11) is 0. The zero-order chi connectivity index (χ0) is 19.6. The van der Waals surface area contributed by atoms with Crippen LogP contribution in [0, 0.1) is 0 Å². The molecule has 0 aliphatic carbocycles. The predicted molar refractivity (Wildman–Crippen MR) is 117 cm³/mol. The molecule has 2 N–H and O–H groups in total. The van der Waals surface area contributed by atoms with Crippen LogP contribution in [-0.2, 0) is 0 Å². The fraction of sp³-hybridized carbons (Fsp3) is 0. The highest BCUT2D eigenvalue weighted by Crippen LogP contribution is 2.34. The molecule has 0 spiro atoms. The van der Waals surface area contributed by atoms with Gasteiger partial charge in [-0.15, -0.1) is 11.3 Å². The number of H-pyrrole nitrogens is 1. The number of fused-ring (bicyclic) bond motifs is 1. The number of anilines is 1. The largest absolute Gasteiger partial charge is 0.337 e. The smallest absolute Gasteiger partial charge is 0.255 e. The number of para-hydroxylation sites is 2. The number of nitrogens with one attached hydrogen (secondary N) is 2. The summed E-state index contributed by atoms with van der Waals surface area (Å²) in [6, 6.07) is 23.4. The summed E-state index contributed by atoms with van der Waals surface area (Å²) in [4.78, 5) is 26.6. The number of hydrogen-bond donors (Lipinski definition) is 2. The number of thiophene rings is 1. The number of amides is 1. The molecule has 2 aromatic carbocycles. The maximum atomic E-state index is 12.4. The molecule has 0 saturated carbocycles. The number of benzene rings is 2. The number of nitrogens with zero attached hydrogens (tertiary/aromatic N) is 2. The van der Waals surface area contributed by atoms with Crippen LogP contribution < -0.4 is 5.32 Å². The zero-order valence-corrected chi connectivity index (χ0v) is 16.1. The van der Waals surface area contributed by atoms with E-state index in [0.29, 0.717) is 5.56 Å². The zero-order valence-electron chi connectivity index (χ0n) is 15.3. The van der Waals surface area contributed by atoms with Crippen LogP contribution in [0.3, 0.4) is 0 Å². The van der Waals surface area contributed by atoms with Crippen LogP contribution in [0.1, 0.15) is 10.4 Å². The number of imidazole rings is 1. The lowest BCUT2D eigenvalue weighted by Gasteiger charge is -2.06. The van der Waals surface area contributed by atoms with Crippen LogP contribution in [-0.4, -0.2) is 20.9 Å². The predicted octanol–water partition coefficient (Wildman–Crippen LogP) is 5.61. The third kappa shape index (κ3) is 3.53. The van der Waals surface area contributed by atoms with Crippen molar-refractivity contribution in [1.29, 1.82) is 0 Å². The minimum Gasteiger partial charge on any atom is -0.337 e. The molecule has 0 fully saturated rings. The number of carbonyl (C=O) groups excluding carboxylic acids is 1. The normalized spacial score (nSPS) is 10.9. The molecule has 29 heavy (non-hydrogen) atoms. The number of carbonyl (C=O) groups is 1. The van der Waals surface area contributed by atoms with Crippen molar-refractivity contribution in [2.45, 2.75) is 0 Å². The first kappa shape index (κ1) is 17.3. The van der Waals surface area contributed by atoms with Crippen molar-refractivity contribution in [3.05, 3.63) is 90.8 Å². The van der Waals surface area contributed by atoms with Crippen LogP contribution in [0.2, 0.25) is 0 Å². The summed E-state index contributed by atoms with van der Waals surface area (Å²) in [6.07, 6.45) is 3.22. The second-order valence-corrected chi connectivity index (χ2v) is 7.62. The van der Waals surface area contributed by atoms with Crippen molar-refractivity contribution in [3.8, 4) is 21.1 Å². The third-order valence-electron chi connectivity index (χ3n) is 4.58. The van der Waals surface area contributed by atoms with E-state index >= 15 is 0 Å². The number of aromatic amines is 1. The second-order valence-electron chi connectivity index (χ2n) is 6.54. The average Bonchev–Trinajstić information content (AvgIpc) is 3.42. The van der Waals surface area contributed by atoms with Gasteiger partial charge in [0, 0.05) is 28.5 Å². The highest BCUT2D eigenvalue weighted by molar-refractivity contribution is 7.18. The summed E-state index contributed by atoms with van der Waals surface area (Å²) in [5, 5.41) is 2.94. The van der Waals surface area contributed by atoms with Gasteiger partial charge in [0.05, 0.1) is 15.9 Å². The molecule has 0 unspecified atom stereocenters. The highest BCUT2D eigenvalue weighted by Gasteiger charge is 2.11. The molecule has 3 aromatic heterocycles. The molecule has 0 aliphatic rings. The molecule has 0 saturated heterocycles. The molecular formula is C23H16N4OS. The molecule has 0 atom stereocenters. The minimum atomic E-state index is -0.154. The van der Waals surface area contributed by atoms with Gasteiger partial charge in [-0.2, -0.15) is 0 Å². The van der Waals surface area contributed by atoms with E-state index in [4.69, 9.17) is 0 Å². The van der Waals surface area contributed by atoms with E-state index < -0.39 is 0 Å². The van der Waals surface area contributed by atoms with Crippen molar-refractivity contribution < 1.29 is 4.79 Å². The molecule has 0 bridgehead atoms. The summed E-state index contributed by atoms with van der Waals surface area (Å²) in [6.45, 7) is 0. The first-order chi connectivity index (χ1) is 14.3. The van der Waals surface area contributed by atoms with Gasteiger partial charge in [-0.05, 0) is 54.1 Å². The number of aromatic nitrogens is 3. The quantitative estimate of drug-likeness (QED) is 0.415. The van der Waals surface area contributed by atoms with Crippen molar-refractivity contribution in [2.75, 3.05) is 5.32 Å². The van der Waals surface area contributed by atoms with Crippen molar-refractivity contribution in [3.63, 3.8) is 0 Å². The third-order valence-corrected chi connectivity index (χ3v) is 5.72. The molecule has 6 heteroatoms. The molecule has 5 rings (SSSR count). The summed E-state index contributed by atoms with van der Waals surface area (Å²) < 4.78 is 0. The Labute approximate surface area is 171 Å². The van der Waals surface area contributed by atoms with E-state index in [1.54, 1.807) is 35.9 Å². The van der Waals surface area contributed by atoms with Crippen LogP contribution in [0.25, 0.3) is 32.2 Å². The van der Waals surface area contributed by atoms with Crippen LogP contribution >= 0.6 is 11.3 Å². The molecule has 140 valence electrons. The van der Waals surface area contributed by atoms with E-state index in [2.05, 4.69) is 32.4 Å². The Morgan fingerprint density at radius 1 is 0.897 bits per heavy atom. The van der Waals surface area contributed by atoms with E-state index in [9.17, 15) is 4.79 Å². The van der Waals surface area contributed by atoms with Crippen LogP contribution in [0.4, 0.5) is 5.69 Å². The van der Waals surface area contributed by atoms with E-state index in [-0.39, 0.29) is 5.91 Å². The van der Waals surface area contributed by atoms with Gasteiger partial charge in [-0.25, -0.2) is 4.98 Å². The van der Waals surface area contributed by atoms with Crippen LogP contribution in [0.15, 0.2) is 85.2 Å². The fourth-order valence-corrected chi connectivity index (χ4v) is 4.09. The standard InChI is InChI=1S/C23H16N4OS/c28-23(15-10-12-24-13-11-15)25-17-5-3-4-16(14-17)20-8-9-21(29-20)22-26-18-6-1-2-7-19(18)27-22/h1-14H,(H,25,28)(H,26,27). The maximum Gasteiger partial charge on any atom is 0.255 e. The molecule has 0 radical (unpaired) electrons. The topological polar surface area (TPSA) is 70.7 Å². The van der Waals surface area contributed by atoms with Gasteiger partial charge in [0.15, 0.2) is 0 Å². The Morgan fingerprint density at radius 3 is 2.59 bits per heavy atom. The summed E-state index contributed by atoms with van der Waals surface area (Å²) in [5.41, 5.74) is 4.36. The maximum absolute atomic E-state index is 12.4. The average molecular weight is 396 g/mol. The first-order valence-corrected chi connectivity index (χ1v) is 9.95. The Morgan fingerprint density at radius 2 is 1.72 bits per heavy atom. The first-order valence-electron chi connectivity index (χ1n) is 9.13. The van der Waals surface area contributed by atoms with Crippen molar-refractivity contribution in [1.82, 2.24) is 15.0 Å². The van der Waals surface area contributed by atoms with Crippen LogP contribution in [0.5, 0.6) is 0 Å². The Kier molecular flexibility index (Phi) is 4.38. The SMILES string of the molecule is O=C(Nc1cccc(-c2ccc(-c3nc4ccccc4[nH]3)s2)c1)c1ccncc1. The lowest BCUT2D eigenvalue weighted by molar-refractivity contribution is 0.102. The van der Waals surface area contributed by atoms with Gasteiger partial charge in [-0.1, -0.05) is 24.3 Å². The number of rotatable bonds is 4. The monoisotopic (exact) mass is 396 g/mol. The fourth-order valence-electron chi connectivity index (χ4n) is 3.15. The molecule has 3 heterocycles. The lowest BCUT2D eigenvalue weighted by Crippen LogP contribution is -2.11. The highest BCUT2D eigenvalue weighted by atomic mass is 32.1. The van der Waals surface area contributed by atoms with Gasteiger partial charge in [-0.3, -0.25) is 9.78 Å². The Balaban J connectivity index is 1.40. The van der Waals surface area contributed by atoms with E-state index in [1.165, 1.54) is 0 Å². The Hall–Kier alpha value is -3.77. The number of hydrogen-bond acceptors (Lipinski definition) is 4. The van der Waals surface area contributed by atoms with Crippen molar-refractivity contribution >= 4 is 34.0 Å². The second kappa shape index (κ2) is 7.33. The molecular weight excluding hydrogens is 380 g/mol. The lowest BCUT2D eigenvalue weighted by atomic mass is 10.1. The van der Waals surface area contributed by atoms with E-state index in [0.717, 1.165) is 37.9 Å². The van der Waals surface area contributed by atoms with Gasteiger partial charge in [0.2, 0.25) is 0 Å². The van der Waals surface area contributed by atoms with Gasteiger partial charge < -0.3 is 10.3 Å². The molecule has 5 aromatic rings. The minimum absolute atomic E-state index is 0.154.